The summed E-state index contributed by atoms with van der Waals surface area (Å²) in [5.41, 5.74) is -0.659. The zero-order chi connectivity index (χ0) is 12.4. The number of benzene rings is 1. The summed E-state index contributed by atoms with van der Waals surface area (Å²) < 4.78 is 9.89. The van der Waals surface area contributed by atoms with Gasteiger partial charge in [0.2, 0.25) is 0 Å². The maximum Gasteiger partial charge on any atom is 0.347 e. The number of hydrogen-bond acceptors (Lipinski definition) is 5. The van der Waals surface area contributed by atoms with Crippen molar-refractivity contribution in [1.82, 2.24) is 0 Å². The highest BCUT2D eigenvalue weighted by molar-refractivity contribution is 5.88. The Balaban J connectivity index is 2.78. The molecule has 0 radical (unpaired) electrons. The highest BCUT2D eigenvalue weighted by Crippen LogP contribution is 2.28. The lowest BCUT2D eigenvalue weighted by Gasteiger charge is -2.05. The predicted octanol–water partition coefficient (Wildman–Crippen LogP) is 1.57. The normalized spacial score (nSPS) is 10.1. The smallest absolute Gasteiger partial charge is 0.347 e. The molecule has 5 nitrogen and oxygen atoms in total. The molecule has 0 fully saturated rings. The molecule has 17 heavy (non-hydrogen) atoms. The largest absolute Gasteiger partial charge is 0.507 e. The summed E-state index contributed by atoms with van der Waals surface area (Å²) in [6.07, 6.45) is 0.00313. The number of nitrogens with zero attached hydrogens (tertiary/aromatic N) is 1. The van der Waals surface area contributed by atoms with Crippen LogP contribution in [0.3, 0.4) is 0 Å². The zero-order valence-electron chi connectivity index (χ0n) is 9.06. The highest BCUT2D eigenvalue weighted by Gasteiger charge is 2.10. The summed E-state index contributed by atoms with van der Waals surface area (Å²) in [5.74, 6) is 0.498. The van der Waals surface area contributed by atoms with Gasteiger partial charge in [-0.05, 0) is 17.5 Å². The first kappa shape index (κ1) is 11.0. The number of aromatic hydroxyl groups is 1. The molecule has 0 unspecified atom stereocenters. The topological polar surface area (TPSA) is 83.5 Å². The van der Waals surface area contributed by atoms with Crippen LogP contribution in [-0.4, -0.2) is 12.2 Å². The quantitative estimate of drug-likeness (QED) is 0.848. The minimum absolute atomic E-state index is 0.00313. The van der Waals surface area contributed by atoms with Crippen LogP contribution < -0.4 is 10.4 Å². The van der Waals surface area contributed by atoms with E-state index in [1.807, 2.05) is 6.07 Å². The molecule has 0 aliphatic rings. The fourth-order valence-corrected chi connectivity index (χ4v) is 1.61. The Kier molecular flexibility index (Phi) is 2.71. The first-order chi connectivity index (χ1) is 8.15. The van der Waals surface area contributed by atoms with Gasteiger partial charge < -0.3 is 14.3 Å². The third-order valence-corrected chi connectivity index (χ3v) is 2.35. The molecule has 1 aromatic carbocycles. The van der Waals surface area contributed by atoms with Crippen molar-refractivity contribution >= 4 is 10.8 Å². The van der Waals surface area contributed by atoms with E-state index in [1.54, 1.807) is 12.1 Å². The number of ether oxygens (including phenoxy) is 1. The van der Waals surface area contributed by atoms with Crippen LogP contribution in [0.4, 0.5) is 0 Å². The van der Waals surface area contributed by atoms with Crippen molar-refractivity contribution < 1.29 is 14.3 Å². The van der Waals surface area contributed by atoms with E-state index in [0.717, 1.165) is 0 Å². The fourth-order valence-electron chi connectivity index (χ4n) is 1.61. The summed E-state index contributed by atoms with van der Waals surface area (Å²) in [4.78, 5) is 11.6. The maximum atomic E-state index is 11.6. The van der Waals surface area contributed by atoms with E-state index in [-0.39, 0.29) is 23.3 Å². The standard InChI is InChI=1S/C12H9NO4/c1-16-9-5-7-4-8(2-3-13)17-12(15)11(7)10(14)6-9/h4-6,14H,2H2,1H3. The van der Waals surface area contributed by atoms with Gasteiger partial charge >= 0.3 is 5.63 Å². The minimum Gasteiger partial charge on any atom is -0.507 e. The van der Waals surface area contributed by atoms with Gasteiger partial charge in [-0.15, -0.1) is 0 Å². The second-order valence-electron chi connectivity index (χ2n) is 3.45. The van der Waals surface area contributed by atoms with E-state index >= 15 is 0 Å². The molecule has 0 bridgehead atoms. The summed E-state index contributed by atoms with van der Waals surface area (Å²) in [7, 11) is 1.46. The Morgan fingerprint density at radius 1 is 1.47 bits per heavy atom. The lowest BCUT2D eigenvalue weighted by Crippen LogP contribution is -2.02. The van der Waals surface area contributed by atoms with Crippen molar-refractivity contribution in [3.63, 3.8) is 0 Å². The lowest BCUT2D eigenvalue weighted by molar-refractivity contribution is 0.408. The minimum atomic E-state index is -0.659. The Bertz CT molecular complexity index is 666. The van der Waals surface area contributed by atoms with Gasteiger partial charge in [0.1, 0.15) is 22.6 Å². The number of nitriles is 1. The number of hydrogen-bond donors (Lipinski definition) is 1. The zero-order valence-corrected chi connectivity index (χ0v) is 9.06. The molecule has 0 saturated heterocycles. The van der Waals surface area contributed by atoms with Gasteiger partial charge in [-0.25, -0.2) is 4.79 Å². The van der Waals surface area contributed by atoms with Gasteiger partial charge in [0.15, 0.2) is 0 Å². The Morgan fingerprint density at radius 3 is 2.88 bits per heavy atom. The van der Waals surface area contributed by atoms with Crippen molar-refractivity contribution in [2.45, 2.75) is 6.42 Å². The average molecular weight is 231 g/mol. The maximum absolute atomic E-state index is 11.6. The molecule has 1 heterocycles. The molecule has 1 aromatic heterocycles. The van der Waals surface area contributed by atoms with Crippen LogP contribution in [0.15, 0.2) is 27.4 Å². The highest BCUT2D eigenvalue weighted by atomic mass is 16.5. The van der Waals surface area contributed by atoms with Crippen molar-refractivity contribution in [1.29, 1.82) is 5.26 Å². The number of phenolic OH excluding ortho intramolecular Hbond substituents is 1. The van der Waals surface area contributed by atoms with Crippen LogP contribution in [0.25, 0.3) is 10.8 Å². The predicted molar refractivity (Wildman–Crippen MR) is 60.0 cm³/mol. The van der Waals surface area contributed by atoms with Crippen LogP contribution in [-0.2, 0) is 6.42 Å². The Morgan fingerprint density at radius 2 is 2.24 bits per heavy atom. The lowest BCUT2D eigenvalue weighted by atomic mass is 10.1. The van der Waals surface area contributed by atoms with E-state index in [2.05, 4.69) is 0 Å². The van der Waals surface area contributed by atoms with Gasteiger partial charge in [0.25, 0.3) is 0 Å². The van der Waals surface area contributed by atoms with Crippen molar-refractivity contribution in [3.05, 3.63) is 34.4 Å². The molecular weight excluding hydrogens is 222 g/mol. The third-order valence-electron chi connectivity index (χ3n) is 2.35. The third kappa shape index (κ3) is 1.93. The average Bonchev–Trinajstić information content (AvgIpc) is 2.28. The van der Waals surface area contributed by atoms with Crippen molar-refractivity contribution in [3.8, 4) is 17.6 Å². The summed E-state index contributed by atoms with van der Waals surface area (Å²) in [6, 6.07) is 6.38. The molecule has 86 valence electrons. The Labute approximate surface area is 96.5 Å². The Hall–Kier alpha value is -2.48. The summed E-state index contributed by atoms with van der Waals surface area (Å²) >= 11 is 0. The van der Waals surface area contributed by atoms with Gasteiger partial charge in [-0.3, -0.25) is 0 Å². The molecule has 2 aromatic rings. The molecule has 0 aliphatic heterocycles. The van der Waals surface area contributed by atoms with E-state index in [0.29, 0.717) is 11.1 Å². The number of fused-ring (bicyclic) bond motifs is 1. The van der Waals surface area contributed by atoms with Gasteiger partial charge in [-0.1, -0.05) is 0 Å². The molecular formula is C12H9NO4. The fraction of sp³-hybridized carbons (Fsp3) is 0.167. The monoisotopic (exact) mass is 231 g/mol. The SMILES string of the molecule is COc1cc(O)c2c(=O)oc(CC#N)cc2c1. The molecule has 0 saturated carbocycles. The molecule has 0 aliphatic carbocycles. The summed E-state index contributed by atoms with van der Waals surface area (Å²) in [6.45, 7) is 0. The van der Waals surface area contributed by atoms with Gasteiger partial charge in [0.05, 0.1) is 19.6 Å². The van der Waals surface area contributed by atoms with Crippen molar-refractivity contribution in [2.24, 2.45) is 0 Å². The van der Waals surface area contributed by atoms with Crippen LogP contribution >= 0.6 is 0 Å². The van der Waals surface area contributed by atoms with E-state index in [1.165, 1.54) is 13.2 Å². The molecule has 2 rings (SSSR count). The molecule has 0 spiro atoms. The van der Waals surface area contributed by atoms with Crippen molar-refractivity contribution in [2.75, 3.05) is 7.11 Å². The van der Waals surface area contributed by atoms with Crippen LogP contribution in [0.2, 0.25) is 0 Å². The number of phenols is 1. The number of rotatable bonds is 2. The second-order valence-corrected chi connectivity index (χ2v) is 3.45. The van der Waals surface area contributed by atoms with E-state index in [9.17, 15) is 9.90 Å². The summed E-state index contributed by atoms with van der Waals surface area (Å²) in [5, 5.41) is 18.8. The van der Waals surface area contributed by atoms with Gasteiger partial charge in [0, 0.05) is 6.07 Å². The molecule has 0 atom stereocenters. The van der Waals surface area contributed by atoms with Gasteiger partial charge in [-0.2, -0.15) is 5.26 Å². The van der Waals surface area contributed by atoms with E-state index in [4.69, 9.17) is 14.4 Å². The molecule has 5 heteroatoms. The first-order valence-corrected chi connectivity index (χ1v) is 4.86. The van der Waals surface area contributed by atoms with E-state index < -0.39 is 5.63 Å². The van der Waals surface area contributed by atoms with Crippen LogP contribution in [0, 0.1) is 11.3 Å². The molecule has 1 N–H and O–H groups in total. The van der Waals surface area contributed by atoms with Crippen LogP contribution in [0.5, 0.6) is 11.5 Å². The first-order valence-electron chi connectivity index (χ1n) is 4.86. The van der Waals surface area contributed by atoms with Crippen LogP contribution in [0.1, 0.15) is 5.76 Å². The number of methoxy groups -OCH3 is 1. The molecule has 0 amide bonds. The second kappa shape index (κ2) is 4.18.